The SMILES string of the molecule is COCCC(=O)N(Cc1ccc(OC)cc1)Cc1ccc(OC)cc1. The molecule has 0 aliphatic carbocycles. The van der Waals surface area contributed by atoms with E-state index >= 15 is 0 Å². The van der Waals surface area contributed by atoms with Gasteiger partial charge in [0, 0.05) is 20.2 Å². The normalized spacial score (nSPS) is 10.4. The zero-order valence-corrected chi connectivity index (χ0v) is 15.0. The summed E-state index contributed by atoms with van der Waals surface area (Å²) in [5.41, 5.74) is 2.11. The van der Waals surface area contributed by atoms with Crippen molar-refractivity contribution in [2.24, 2.45) is 0 Å². The molecule has 0 fully saturated rings. The highest BCUT2D eigenvalue weighted by molar-refractivity contribution is 5.76. The van der Waals surface area contributed by atoms with E-state index in [1.807, 2.05) is 53.4 Å². The molecule has 0 N–H and O–H groups in total. The van der Waals surface area contributed by atoms with Gasteiger partial charge in [-0.15, -0.1) is 0 Å². The summed E-state index contributed by atoms with van der Waals surface area (Å²) in [6, 6.07) is 15.5. The molecule has 5 heteroatoms. The van der Waals surface area contributed by atoms with Crippen molar-refractivity contribution < 1.29 is 19.0 Å². The average Bonchev–Trinajstić information content (AvgIpc) is 2.66. The van der Waals surface area contributed by atoms with Crippen LogP contribution in [0.25, 0.3) is 0 Å². The van der Waals surface area contributed by atoms with Gasteiger partial charge in [-0.25, -0.2) is 0 Å². The van der Waals surface area contributed by atoms with Gasteiger partial charge in [0.2, 0.25) is 5.91 Å². The van der Waals surface area contributed by atoms with Gasteiger partial charge in [-0.1, -0.05) is 24.3 Å². The number of hydrogen-bond acceptors (Lipinski definition) is 4. The predicted molar refractivity (Wildman–Crippen MR) is 96.7 cm³/mol. The Bertz CT molecular complexity index is 603. The molecule has 0 aliphatic heterocycles. The molecule has 0 bridgehead atoms. The first kappa shape index (κ1) is 18.8. The number of methoxy groups -OCH3 is 3. The minimum atomic E-state index is 0.0634. The van der Waals surface area contributed by atoms with Crippen LogP contribution in [0, 0.1) is 0 Å². The lowest BCUT2D eigenvalue weighted by atomic mass is 10.1. The number of carbonyl (C=O) groups is 1. The Balaban J connectivity index is 2.11. The molecule has 0 saturated heterocycles. The van der Waals surface area contributed by atoms with Crippen LogP contribution in [0.4, 0.5) is 0 Å². The maximum absolute atomic E-state index is 12.6. The van der Waals surface area contributed by atoms with E-state index in [0.29, 0.717) is 26.1 Å². The van der Waals surface area contributed by atoms with Crippen LogP contribution in [-0.4, -0.2) is 38.7 Å². The maximum atomic E-state index is 12.6. The maximum Gasteiger partial charge on any atom is 0.225 e. The minimum absolute atomic E-state index is 0.0634. The van der Waals surface area contributed by atoms with E-state index in [1.165, 1.54) is 0 Å². The summed E-state index contributed by atoms with van der Waals surface area (Å²) >= 11 is 0. The van der Waals surface area contributed by atoms with Crippen LogP contribution in [0.3, 0.4) is 0 Å². The Kier molecular flexibility index (Phi) is 7.29. The molecule has 1 amide bonds. The van der Waals surface area contributed by atoms with Crippen molar-refractivity contribution in [2.45, 2.75) is 19.5 Å². The molecule has 25 heavy (non-hydrogen) atoms. The molecule has 0 radical (unpaired) electrons. The second-order valence-corrected chi connectivity index (χ2v) is 5.69. The number of ether oxygens (including phenoxy) is 3. The molecule has 2 rings (SSSR count). The summed E-state index contributed by atoms with van der Waals surface area (Å²) in [7, 11) is 4.88. The number of carbonyl (C=O) groups excluding carboxylic acids is 1. The summed E-state index contributed by atoms with van der Waals surface area (Å²) in [4.78, 5) is 14.4. The first-order valence-electron chi connectivity index (χ1n) is 8.19. The van der Waals surface area contributed by atoms with Crippen molar-refractivity contribution in [3.05, 3.63) is 59.7 Å². The summed E-state index contributed by atoms with van der Waals surface area (Å²) in [5.74, 6) is 1.67. The summed E-state index contributed by atoms with van der Waals surface area (Å²) in [6.45, 7) is 1.50. The molecule has 0 unspecified atom stereocenters. The fourth-order valence-corrected chi connectivity index (χ4v) is 2.48. The lowest BCUT2D eigenvalue weighted by molar-refractivity contribution is -0.133. The highest BCUT2D eigenvalue weighted by Gasteiger charge is 2.14. The van der Waals surface area contributed by atoms with Crippen LogP contribution in [0.15, 0.2) is 48.5 Å². The lowest BCUT2D eigenvalue weighted by Crippen LogP contribution is -2.30. The molecule has 2 aromatic rings. The summed E-state index contributed by atoms with van der Waals surface area (Å²) in [6.07, 6.45) is 0.364. The van der Waals surface area contributed by atoms with Crippen LogP contribution in [0.1, 0.15) is 17.5 Å². The molecule has 2 aromatic carbocycles. The largest absolute Gasteiger partial charge is 0.497 e. The van der Waals surface area contributed by atoms with E-state index < -0.39 is 0 Å². The van der Waals surface area contributed by atoms with Crippen molar-refractivity contribution >= 4 is 5.91 Å². The van der Waals surface area contributed by atoms with Gasteiger partial charge in [0.1, 0.15) is 11.5 Å². The van der Waals surface area contributed by atoms with Gasteiger partial charge in [0.25, 0.3) is 0 Å². The smallest absolute Gasteiger partial charge is 0.225 e. The van der Waals surface area contributed by atoms with Gasteiger partial charge >= 0.3 is 0 Å². The molecule has 134 valence electrons. The number of hydrogen-bond donors (Lipinski definition) is 0. The topological polar surface area (TPSA) is 48.0 Å². The Morgan fingerprint density at radius 1 is 0.800 bits per heavy atom. The van der Waals surface area contributed by atoms with Crippen molar-refractivity contribution in [1.82, 2.24) is 4.90 Å². The molecule has 0 spiro atoms. The van der Waals surface area contributed by atoms with E-state index in [0.717, 1.165) is 22.6 Å². The van der Waals surface area contributed by atoms with Crippen molar-refractivity contribution in [2.75, 3.05) is 27.9 Å². The Hall–Kier alpha value is -2.53. The molecular formula is C20H25NO4. The third-order valence-electron chi connectivity index (χ3n) is 3.94. The summed E-state index contributed by atoms with van der Waals surface area (Å²) in [5, 5.41) is 0. The van der Waals surface area contributed by atoms with Gasteiger partial charge in [-0.3, -0.25) is 4.79 Å². The first-order valence-corrected chi connectivity index (χ1v) is 8.19. The van der Waals surface area contributed by atoms with E-state index in [1.54, 1.807) is 21.3 Å². The standard InChI is InChI=1S/C20H25NO4/c1-23-13-12-20(22)21(14-16-4-8-18(24-2)9-5-16)15-17-6-10-19(25-3)11-7-17/h4-11H,12-15H2,1-3H3. The fourth-order valence-electron chi connectivity index (χ4n) is 2.48. The zero-order valence-electron chi connectivity index (χ0n) is 15.0. The highest BCUT2D eigenvalue weighted by Crippen LogP contribution is 2.17. The Morgan fingerprint density at radius 3 is 1.60 bits per heavy atom. The molecule has 0 atom stereocenters. The number of rotatable bonds is 9. The van der Waals surface area contributed by atoms with E-state index in [9.17, 15) is 4.79 Å². The molecule has 5 nitrogen and oxygen atoms in total. The third-order valence-corrected chi connectivity index (χ3v) is 3.94. The summed E-state index contributed by atoms with van der Waals surface area (Å²) < 4.78 is 15.4. The van der Waals surface area contributed by atoms with Gasteiger partial charge in [-0.05, 0) is 35.4 Å². The number of benzene rings is 2. The molecular weight excluding hydrogens is 318 g/mol. The van der Waals surface area contributed by atoms with Crippen LogP contribution in [-0.2, 0) is 22.6 Å². The predicted octanol–water partition coefficient (Wildman–Crippen LogP) is 3.27. The van der Waals surface area contributed by atoms with Gasteiger partial charge < -0.3 is 19.1 Å². The monoisotopic (exact) mass is 343 g/mol. The lowest BCUT2D eigenvalue weighted by Gasteiger charge is -2.23. The third kappa shape index (κ3) is 5.80. The van der Waals surface area contributed by atoms with Gasteiger partial charge in [-0.2, -0.15) is 0 Å². The quantitative estimate of drug-likeness (QED) is 0.701. The van der Waals surface area contributed by atoms with Crippen LogP contribution < -0.4 is 9.47 Å². The second kappa shape index (κ2) is 9.69. The van der Waals surface area contributed by atoms with Gasteiger partial charge in [0.15, 0.2) is 0 Å². The van der Waals surface area contributed by atoms with E-state index in [-0.39, 0.29) is 5.91 Å². The van der Waals surface area contributed by atoms with Gasteiger partial charge in [0.05, 0.1) is 27.2 Å². The van der Waals surface area contributed by atoms with Crippen LogP contribution in [0.2, 0.25) is 0 Å². The van der Waals surface area contributed by atoms with Crippen LogP contribution >= 0.6 is 0 Å². The average molecular weight is 343 g/mol. The van der Waals surface area contributed by atoms with Crippen molar-refractivity contribution in [3.8, 4) is 11.5 Å². The zero-order chi connectivity index (χ0) is 18.1. The van der Waals surface area contributed by atoms with Crippen molar-refractivity contribution in [3.63, 3.8) is 0 Å². The highest BCUT2D eigenvalue weighted by atomic mass is 16.5. The molecule has 0 aromatic heterocycles. The minimum Gasteiger partial charge on any atom is -0.497 e. The van der Waals surface area contributed by atoms with Crippen LogP contribution in [0.5, 0.6) is 11.5 Å². The molecule has 0 saturated carbocycles. The fraction of sp³-hybridized carbons (Fsp3) is 0.350. The Morgan fingerprint density at radius 2 is 1.24 bits per heavy atom. The molecule has 0 aliphatic rings. The Labute approximate surface area is 149 Å². The number of nitrogens with zero attached hydrogens (tertiary/aromatic N) is 1. The second-order valence-electron chi connectivity index (χ2n) is 5.69. The number of amides is 1. The molecule has 0 heterocycles. The van der Waals surface area contributed by atoms with E-state index in [2.05, 4.69) is 0 Å². The van der Waals surface area contributed by atoms with E-state index in [4.69, 9.17) is 14.2 Å². The van der Waals surface area contributed by atoms with Crippen molar-refractivity contribution in [1.29, 1.82) is 0 Å². The first-order chi connectivity index (χ1) is 12.2.